The third-order valence-electron chi connectivity index (χ3n) is 4.65. The zero-order valence-corrected chi connectivity index (χ0v) is 14.3. The van der Waals surface area contributed by atoms with E-state index in [0.717, 1.165) is 30.2 Å². The summed E-state index contributed by atoms with van der Waals surface area (Å²) in [7, 11) is 1.58. The number of benzene rings is 2. The minimum Gasteiger partial charge on any atom is -0.497 e. The maximum absolute atomic E-state index is 13.1. The van der Waals surface area contributed by atoms with Gasteiger partial charge in [-0.1, -0.05) is 24.3 Å². The number of halogens is 3. The molecule has 0 radical (unpaired) electrons. The van der Waals surface area contributed by atoms with Crippen LogP contribution in [0.4, 0.5) is 18.9 Å². The van der Waals surface area contributed by atoms with Crippen molar-refractivity contribution in [2.45, 2.75) is 31.4 Å². The Morgan fingerprint density at radius 3 is 2.38 bits per heavy atom. The van der Waals surface area contributed by atoms with Gasteiger partial charge in [-0.2, -0.15) is 13.2 Å². The molecule has 0 spiro atoms. The van der Waals surface area contributed by atoms with Crippen LogP contribution in [0.3, 0.4) is 0 Å². The number of nitrogens with one attached hydrogen (secondary N) is 1. The van der Waals surface area contributed by atoms with E-state index >= 15 is 0 Å². The molecule has 2 aromatic carbocycles. The summed E-state index contributed by atoms with van der Waals surface area (Å²) in [6.45, 7) is 0. The van der Waals surface area contributed by atoms with E-state index in [0.29, 0.717) is 5.92 Å². The molecule has 138 valence electrons. The molecule has 1 amide bonds. The molecule has 0 aromatic heterocycles. The Labute approximate surface area is 150 Å². The largest absolute Gasteiger partial charge is 0.497 e. The van der Waals surface area contributed by atoms with Crippen LogP contribution < -0.4 is 10.1 Å². The summed E-state index contributed by atoms with van der Waals surface area (Å²) in [6.07, 6.45) is -2.29. The lowest BCUT2D eigenvalue weighted by molar-refractivity contribution is -0.137. The van der Waals surface area contributed by atoms with E-state index in [1.807, 2.05) is 24.3 Å². The summed E-state index contributed by atoms with van der Waals surface area (Å²) < 4.78 is 44.4. The van der Waals surface area contributed by atoms with Gasteiger partial charge in [0.2, 0.25) is 5.91 Å². The van der Waals surface area contributed by atoms with E-state index in [9.17, 15) is 18.0 Å². The Bertz CT molecular complexity index is 767. The number of amides is 1. The van der Waals surface area contributed by atoms with Gasteiger partial charge in [-0.05, 0) is 54.5 Å². The fraction of sp³-hybridized carbons (Fsp3) is 0.350. The molecule has 0 aliphatic heterocycles. The summed E-state index contributed by atoms with van der Waals surface area (Å²) in [4.78, 5) is 12.4. The van der Waals surface area contributed by atoms with Crippen LogP contribution in [0.15, 0.2) is 48.5 Å². The highest BCUT2D eigenvalue weighted by Gasteiger charge is 2.35. The summed E-state index contributed by atoms with van der Waals surface area (Å²) in [6, 6.07) is 12.5. The Balaban J connectivity index is 1.73. The van der Waals surface area contributed by atoms with Crippen LogP contribution in [0.25, 0.3) is 0 Å². The fourth-order valence-corrected chi connectivity index (χ4v) is 3.15. The highest BCUT2D eigenvalue weighted by molar-refractivity contribution is 5.92. The lowest BCUT2D eigenvalue weighted by Crippen LogP contribution is -2.19. The van der Waals surface area contributed by atoms with Gasteiger partial charge in [-0.15, -0.1) is 0 Å². The second-order valence-corrected chi connectivity index (χ2v) is 6.51. The minimum absolute atomic E-state index is 0.000967. The van der Waals surface area contributed by atoms with E-state index in [-0.39, 0.29) is 18.0 Å². The standard InChI is InChI=1S/C20H20F3NO2/c1-26-15-10-8-14(9-11-15)16(13-6-7-13)12-19(25)24-18-5-3-2-4-17(18)20(21,22)23/h2-5,8-11,13,16H,6-7,12H2,1H3,(H,24,25). The minimum atomic E-state index is -4.50. The van der Waals surface area contributed by atoms with Crippen molar-refractivity contribution >= 4 is 11.6 Å². The number of alkyl halides is 3. The highest BCUT2D eigenvalue weighted by Crippen LogP contribution is 2.45. The first-order valence-electron chi connectivity index (χ1n) is 8.48. The van der Waals surface area contributed by atoms with E-state index in [4.69, 9.17) is 4.74 Å². The van der Waals surface area contributed by atoms with Gasteiger partial charge in [0.05, 0.1) is 18.4 Å². The first-order valence-corrected chi connectivity index (χ1v) is 8.48. The zero-order valence-electron chi connectivity index (χ0n) is 14.3. The second-order valence-electron chi connectivity index (χ2n) is 6.51. The summed E-state index contributed by atoms with van der Waals surface area (Å²) >= 11 is 0. The number of carbonyl (C=O) groups excluding carboxylic acids is 1. The van der Waals surface area contributed by atoms with Crippen LogP contribution in [0.1, 0.15) is 36.3 Å². The Hall–Kier alpha value is -2.50. The van der Waals surface area contributed by atoms with Gasteiger partial charge in [-0.3, -0.25) is 4.79 Å². The summed E-state index contributed by atoms with van der Waals surface area (Å²) in [5, 5.41) is 2.44. The van der Waals surface area contributed by atoms with Gasteiger partial charge in [0.25, 0.3) is 0 Å². The van der Waals surface area contributed by atoms with Gasteiger partial charge in [0.15, 0.2) is 0 Å². The number of para-hydroxylation sites is 1. The monoisotopic (exact) mass is 363 g/mol. The normalized spacial score (nSPS) is 15.4. The van der Waals surface area contributed by atoms with Crippen LogP contribution in [-0.4, -0.2) is 13.0 Å². The van der Waals surface area contributed by atoms with Crippen LogP contribution in [0.5, 0.6) is 5.75 Å². The van der Waals surface area contributed by atoms with Crippen molar-refractivity contribution < 1.29 is 22.7 Å². The molecule has 1 fully saturated rings. The first kappa shape index (κ1) is 18.3. The number of methoxy groups -OCH3 is 1. The molecule has 3 nitrogen and oxygen atoms in total. The van der Waals surface area contributed by atoms with E-state index in [1.165, 1.54) is 18.2 Å². The van der Waals surface area contributed by atoms with Gasteiger partial charge in [-0.25, -0.2) is 0 Å². The van der Waals surface area contributed by atoms with Crippen molar-refractivity contribution in [1.29, 1.82) is 0 Å². The summed E-state index contributed by atoms with van der Waals surface area (Å²) in [5.41, 5.74) is -0.0254. The smallest absolute Gasteiger partial charge is 0.418 e. The first-order chi connectivity index (χ1) is 12.4. The number of rotatable bonds is 6. The number of anilines is 1. The van der Waals surface area contributed by atoms with Gasteiger partial charge >= 0.3 is 6.18 Å². The van der Waals surface area contributed by atoms with Crippen molar-refractivity contribution in [3.05, 3.63) is 59.7 Å². The highest BCUT2D eigenvalue weighted by atomic mass is 19.4. The molecule has 0 bridgehead atoms. The van der Waals surface area contributed by atoms with Crippen LogP contribution in [0, 0.1) is 5.92 Å². The maximum Gasteiger partial charge on any atom is 0.418 e. The van der Waals surface area contributed by atoms with E-state index < -0.39 is 17.6 Å². The number of ether oxygens (including phenoxy) is 1. The molecule has 0 saturated heterocycles. The molecule has 1 aliphatic rings. The average Bonchev–Trinajstić information content (AvgIpc) is 3.44. The molecule has 26 heavy (non-hydrogen) atoms. The fourth-order valence-electron chi connectivity index (χ4n) is 3.15. The van der Waals surface area contributed by atoms with Crippen LogP contribution in [-0.2, 0) is 11.0 Å². The quantitative estimate of drug-likeness (QED) is 0.763. The molecule has 1 unspecified atom stereocenters. The maximum atomic E-state index is 13.1. The van der Waals surface area contributed by atoms with Crippen molar-refractivity contribution in [1.82, 2.24) is 0 Å². The predicted molar refractivity (Wildman–Crippen MR) is 93.1 cm³/mol. The zero-order chi connectivity index (χ0) is 18.7. The van der Waals surface area contributed by atoms with E-state index in [2.05, 4.69) is 5.32 Å². The third kappa shape index (κ3) is 4.36. The molecular formula is C20H20F3NO2. The Kier molecular flexibility index (Phi) is 5.20. The Morgan fingerprint density at radius 1 is 1.15 bits per heavy atom. The van der Waals surface area contributed by atoms with Crippen molar-refractivity contribution in [2.75, 3.05) is 12.4 Å². The molecule has 1 atom stereocenters. The van der Waals surface area contributed by atoms with Crippen molar-refractivity contribution in [3.8, 4) is 5.75 Å². The molecule has 3 rings (SSSR count). The number of hydrogen-bond donors (Lipinski definition) is 1. The molecular weight excluding hydrogens is 343 g/mol. The molecule has 2 aromatic rings. The van der Waals surface area contributed by atoms with Crippen molar-refractivity contribution in [3.63, 3.8) is 0 Å². The van der Waals surface area contributed by atoms with Crippen LogP contribution >= 0.6 is 0 Å². The van der Waals surface area contributed by atoms with Gasteiger partial charge < -0.3 is 10.1 Å². The molecule has 6 heteroatoms. The topological polar surface area (TPSA) is 38.3 Å². The van der Waals surface area contributed by atoms with Gasteiger partial charge in [0, 0.05) is 6.42 Å². The molecule has 0 heterocycles. The lowest BCUT2D eigenvalue weighted by atomic mass is 9.90. The number of hydrogen-bond acceptors (Lipinski definition) is 2. The van der Waals surface area contributed by atoms with Crippen molar-refractivity contribution in [2.24, 2.45) is 5.92 Å². The molecule has 1 N–H and O–H groups in total. The lowest BCUT2D eigenvalue weighted by Gasteiger charge is -2.18. The van der Waals surface area contributed by atoms with E-state index in [1.54, 1.807) is 7.11 Å². The second kappa shape index (κ2) is 7.40. The summed E-state index contributed by atoms with van der Waals surface area (Å²) in [5.74, 6) is 0.715. The average molecular weight is 363 g/mol. The predicted octanol–water partition coefficient (Wildman–Crippen LogP) is 5.24. The third-order valence-corrected chi connectivity index (χ3v) is 4.65. The molecule has 1 saturated carbocycles. The molecule has 1 aliphatic carbocycles. The SMILES string of the molecule is COc1ccc(C(CC(=O)Nc2ccccc2C(F)(F)F)C2CC2)cc1. The Morgan fingerprint density at radius 2 is 1.81 bits per heavy atom. The van der Waals surface area contributed by atoms with Crippen LogP contribution in [0.2, 0.25) is 0 Å². The van der Waals surface area contributed by atoms with Gasteiger partial charge in [0.1, 0.15) is 5.75 Å². The number of carbonyl (C=O) groups is 1.